The van der Waals surface area contributed by atoms with E-state index in [1.807, 2.05) is 0 Å². The number of anilines is 1. The van der Waals surface area contributed by atoms with Crippen molar-refractivity contribution < 1.29 is 9.59 Å². The number of thioether (sulfide) groups is 1. The number of urea groups is 1. The van der Waals surface area contributed by atoms with E-state index in [1.54, 1.807) is 6.92 Å². The maximum atomic E-state index is 11.4. The molecular formula is C7H12N6O2S. The Labute approximate surface area is 95.8 Å². The van der Waals surface area contributed by atoms with Crippen LogP contribution in [-0.2, 0) is 4.79 Å². The van der Waals surface area contributed by atoms with Crippen LogP contribution in [0.1, 0.15) is 6.92 Å². The lowest BCUT2D eigenvalue weighted by molar-refractivity contribution is -0.119. The van der Waals surface area contributed by atoms with Crippen LogP contribution in [0.25, 0.3) is 0 Å². The topological polar surface area (TPSA) is 126 Å². The number of aromatic amines is 1. The first-order valence-corrected chi connectivity index (χ1v) is 5.28. The molecule has 1 rings (SSSR count). The molecule has 1 aromatic heterocycles. The van der Waals surface area contributed by atoms with E-state index in [9.17, 15) is 9.59 Å². The van der Waals surface area contributed by atoms with Gasteiger partial charge in [-0.3, -0.25) is 10.1 Å². The summed E-state index contributed by atoms with van der Waals surface area (Å²) in [6.45, 7) is 1.63. The molecule has 0 aliphatic heterocycles. The summed E-state index contributed by atoms with van der Waals surface area (Å²) < 4.78 is 0. The summed E-state index contributed by atoms with van der Waals surface area (Å²) in [4.78, 5) is 26.1. The maximum Gasteiger partial charge on any atom is 0.321 e. The van der Waals surface area contributed by atoms with E-state index >= 15 is 0 Å². The van der Waals surface area contributed by atoms with E-state index in [2.05, 4.69) is 25.8 Å². The van der Waals surface area contributed by atoms with Gasteiger partial charge in [0.2, 0.25) is 17.0 Å². The molecule has 0 saturated heterocycles. The Morgan fingerprint density at radius 2 is 2.25 bits per heavy atom. The Hall–Kier alpha value is -1.77. The normalized spacial score (nSPS) is 11.9. The third kappa shape index (κ3) is 3.42. The zero-order valence-electron chi connectivity index (χ0n) is 8.77. The summed E-state index contributed by atoms with van der Waals surface area (Å²) in [5.41, 5.74) is 5.33. The van der Waals surface area contributed by atoms with Gasteiger partial charge in [-0.25, -0.2) is 9.89 Å². The van der Waals surface area contributed by atoms with Gasteiger partial charge in [-0.2, -0.15) is 4.98 Å². The third-order valence-corrected chi connectivity index (χ3v) is 2.56. The van der Waals surface area contributed by atoms with E-state index in [0.717, 1.165) is 11.8 Å². The Kier molecular flexibility index (Phi) is 4.11. The first kappa shape index (κ1) is 12.3. The van der Waals surface area contributed by atoms with Gasteiger partial charge in [-0.05, 0) is 6.92 Å². The highest BCUT2D eigenvalue weighted by Gasteiger charge is 2.18. The van der Waals surface area contributed by atoms with Crippen LogP contribution >= 0.6 is 11.8 Å². The van der Waals surface area contributed by atoms with Gasteiger partial charge in [-0.1, -0.05) is 11.8 Å². The number of amides is 3. The fraction of sp³-hybridized carbons (Fsp3) is 0.429. The first-order valence-electron chi connectivity index (χ1n) is 4.40. The number of hydrogen-bond donors (Lipinski definition) is 4. The van der Waals surface area contributed by atoms with Crippen molar-refractivity contribution in [3.05, 3.63) is 0 Å². The summed E-state index contributed by atoms with van der Waals surface area (Å²) in [5.74, 6) is -0.242. The van der Waals surface area contributed by atoms with Crippen LogP contribution in [0.4, 0.5) is 10.7 Å². The molecule has 9 heteroatoms. The standard InChI is InChI=1S/C7H12N6O2S/c1-3(4(14)10-6(15)9-2)16-7-11-5(8)12-13-7/h3H,1-2H3,(H3,8,11,12,13)(H2,9,10,14,15)/t3-/m0/s1. The van der Waals surface area contributed by atoms with E-state index in [1.165, 1.54) is 7.05 Å². The van der Waals surface area contributed by atoms with Crippen molar-refractivity contribution in [2.24, 2.45) is 0 Å². The number of carbonyl (C=O) groups excluding carboxylic acids is 2. The van der Waals surface area contributed by atoms with Gasteiger partial charge >= 0.3 is 6.03 Å². The van der Waals surface area contributed by atoms with Crippen molar-refractivity contribution in [3.8, 4) is 0 Å². The monoisotopic (exact) mass is 244 g/mol. The van der Waals surface area contributed by atoms with Gasteiger partial charge in [0.05, 0.1) is 5.25 Å². The Morgan fingerprint density at radius 3 is 2.75 bits per heavy atom. The van der Waals surface area contributed by atoms with Crippen molar-refractivity contribution in [2.75, 3.05) is 12.8 Å². The van der Waals surface area contributed by atoms with Crippen LogP contribution in [-0.4, -0.2) is 39.4 Å². The fourth-order valence-corrected chi connectivity index (χ4v) is 1.53. The van der Waals surface area contributed by atoms with Gasteiger partial charge in [0.1, 0.15) is 0 Å². The minimum Gasteiger partial charge on any atom is -0.368 e. The minimum absolute atomic E-state index is 0.182. The quantitative estimate of drug-likeness (QED) is 0.522. The average Bonchev–Trinajstić information content (AvgIpc) is 2.63. The summed E-state index contributed by atoms with van der Waals surface area (Å²) >= 11 is 1.10. The van der Waals surface area contributed by atoms with Crippen LogP contribution in [0.3, 0.4) is 0 Å². The lowest BCUT2D eigenvalue weighted by Gasteiger charge is -2.08. The van der Waals surface area contributed by atoms with Crippen LogP contribution in [0.5, 0.6) is 0 Å². The predicted molar refractivity (Wildman–Crippen MR) is 58.7 cm³/mol. The molecule has 1 heterocycles. The maximum absolute atomic E-state index is 11.4. The predicted octanol–water partition coefficient (Wildman–Crippen LogP) is -0.677. The second-order valence-electron chi connectivity index (χ2n) is 2.83. The van der Waals surface area contributed by atoms with Crippen LogP contribution in [0.2, 0.25) is 0 Å². The Bertz CT molecular complexity index is 392. The second-order valence-corrected chi connectivity index (χ2v) is 4.14. The van der Waals surface area contributed by atoms with E-state index in [4.69, 9.17) is 5.73 Å². The average molecular weight is 244 g/mol. The zero-order valence-corrected chi connectivity index (χ0v) is 9.59. The van der Waals surface area contributed by atoms with E-state index in [0.29, 0.717) is 5.16 Å². The molecule has 1 atom stereocenters. The highest BCUT2D eigenvalue weighted by Crippen LogP contribution is 2.19. The smallest absolute Gasteiger partial charge is 0.321 e. The molecule has 1 aromatic rings. The molecule has 88 valence electrons. The SMILES string of the molecule is CNC(=O)NC(=O)[C@H](C)Sc1n[nH]c(N)n1. The zero-order chi connectivity index (χ0) is 12.1. The highest BCUT2D eigenvalue weighted by molar-refractivity contribution is 8.00. The minimum atomic E-state index is -0.549. The number of rotatable bonds is 3. The molecule has 0 radical (unpaired) electrons. The number of carbonyl (C=O) groups is 2. The highest BCUT2D eigenvalue weighted by atomic mass is 32.2. The number of nitrogens with zero attached hydrogens (tertiary/aromatic N) is 2. The van der Waals surface area contributed by atoms with Gasteiger partial charge < -0.3 is 11.1 Å². The van der Waals surface area contributed by atoms with Gasteiger partial charge in [0.15, 0.2) is 0 Å². The fourth-order valence-electron chi connectivity index (χ4n) is 0.799. The largest absolute Gasteiger partial charge is 0.368 e. The summed E-state index contributed by atoms with van der Waals surface area (Å²) in [6, 6.07) is -0.549. The lowest BCUT2D eigenvalue weighted by Crippen LogP contribution is -2.41. The third-order valence-electron chi connectivity index (χ3n) is 1.60. The molecule has 5 N–H and O–H groups in total. The number of H-pyrrole nitrogens is 1. The summed E-state index contributed by atoms with van der Waals surface area (Å²) in [5, 5.41) is 10.5. The lowest BCUT2D eigenvalue weighted by atomic mass is 10.4. The second kappa shape index (κ2) is 5.35. The molecule has 0 fully saturated rings. The molecule has 0 aliphatic carbocycles. The number of hydrogen-bond acceptors (Lipinski definition) is 6. The Morgan fingerprint density at radius 1 is 1.56 bits per heavy atom. The van der Waals surface area contributed by atoms with Crippen LogP contribution < -0.4 is 16.4 Å². The molecule has 8 nitrogen and oxygen atoms in total. The molecule has 0 spiro atoms. The summed E-state index contributed by atoms with van der Waals surface area (Å²) in [7, 11) is 1.43. The van der Waals surface area contributed by atoms with Gasteiger partial charge in [0, 0.05) is 7.05 Å². The van der Waals surface area contributed by atoms with Crippen molar-refractivity contribution in [1.82, 2.24) is 25.8 Å². The number of imide groups is 1. The molecular weight excluding hydrogens is 232 g/mol. The van der Waals surface area contributed by atoms with Crippen LogP contribution in [0.15, 0.2) is 5.16 Å². The number of nitrogen functional groups attached to an aromatic ring is 1. The summed E-state index contributed by atoms with van der Waals surface area (Å²) in [6.07, 6.45) is 0. The van der Waals surface area contributed by atoms with Crippen LogP contribution in [0, 0.1) is 0 Å². The van der Waals surface area contributed by atoms with Crippen molar-refractivity contribution >= 4 is 29.6 Å². The molecule has 0 aliphatic rings. The molecule has 3 amide bonds. The molecule has 0 unspecified atom stereocenters. The van der Waals surface area contributed by atoms with E-state index in [-0.39, 0.29) is 5.95 Å². The molecule has 0 aromatic carbocycles. The van der Waals surface area contributed by atoms with Gasteiger partial charge in [-0.15, -0.1) is 5.10 Å². The first-order chi connectivity index (χ1) is 7.52. The van der Waals surface area contributed by atoms with Gasteiger partial charge in [0.25, 0.3) is 0 Å². The van der Waals surface area contributed by atoms with E-state index < -0.39 is 17.2 Å². The number of nitrogens with two attached hydrogens (primary N) is 1. The molecule has 16 heavy (non-hydrogen) atoms. The number of aromatic nitrogens is 3. The Balaban J connectivity index is 2.48. The number of nitrogens with one attached hydrogen (secondary N) is 3. The van der Waals surface area contributed by atoms with Crippen molar-refractivity contribution in [2.45, 2.75) is 17.3 Å². The van der Waals surface area contributed by atoms with Crippen molar-refractivity contribution in [3.63, 3.8) is 0 Å². The molecule has 0 bridgehead atoms. The van der Waals surface area contributed by atoms with Crippen molar-refractivity contribution in [1.29, 1.82) is 0 Å². The molecule has 0 saturated carbocycles.